The van der Waals surface area contributed by atoms with Gasteiger partial charge in [0.2, 0.25) is 5.91 Å². The van der Waals surface area contributed by atoms with E-state index in [1.807, 2.05) is 22.1 Å². The molecule has 5 nitrogen and oxygen atoms in total. The highest BCUT2D eigenvalue weighted by Crippen LogP contribution is 2.19. The Bertz CT molecular complexity index is 708. The molecule has 0 aliphatic rings. The van der Waals surface area contributed by atoms with Crippen LogP contribution in [0.15, 0.2) is 29.0 Å². The van der Waals surface area contributed by atoms with E-state index in [1.165, 1.54) is 11.3 Å². The third-order valence-electron chi connectivity index (χ3n) is 2.75. The average molecular weight is 343 g/mol. The Hall–Kier alpha value is -2.55. The van der Waals surface area contributed by atoms with E-state index >= 15 is 0 Å². The van der Waals surface area contributed by atoms with Crippen LogP contribution in [0.4, 0.5) is 23.7 Å². The second-order valence-electron chi connectivity index (χ2n) is 4.44. The molecule has 0 unspecified atom stereocenters. The van der Waals surface area contributed by atoms with Crippen molar-refractivity contribution in [2.75, 3.05) is 11.9 Å². The van der Waals surface area contributed by atoms with E-state index in [-0.39, 0.29) is 0 Å². The molecule has 1 heterocycles. The molecule has 3 N–H and O–H groups in total. The number of rotatable bonds is 5. The number of anilines is 1. The first-order chi connectivity index (χ1) is 11.0. The number of hydrogen-bond acceptors (Lipinski definition) is 3. The molecule has 0 aliphatic carbocycles. The van der Waals surface area contributed by atoms with E-state index in [1.54, 1.807) is 0 Å². The molecule has 0 saturated heterocycles. The third-order valence-corrected chi connectivity index (χ3v) is 3.48. The van der Waals surface area contributed by atoms with Gasteiger partial charge in [0.15, 0.2) is 17.5 Å². The molecule has 0 fully saturated rings. The molecule has 23 heavy (non-hydrogen) atoms. The van der Waals surface area contributed by atoms with Gasteiger partial charge in [-0.2, -0.15) is 11.3 Å². The summed E-state index contributed by atoms with van der Waals surface area (Å²) >= 11 is 1.49. The summed E-state index contributed by atoms with van der Waals surface area (Å²) in [6.45, 7) is -0.150. The maximum absolute atomic E-state index is 13.4. The highest BCUT2D eigenvalue weighted by atomic mass is 32.1. The molecule has 2 aromatic rings. The van der Waals surface area contributed by atoms with Crippen molar-refractivity contribution in [3.8, 4) is 0 Å². The first-order valence-electron chi connectivity index (χ1n) is 6.43. The summed E-state index contributed by atoms with van der Waals surface area (Å²) < 4.78 is 39.1. The number of carbonyl (C=O) groups is 2. The predicted octanol–water partition coefficient (Wildman–Crippen LogP) is 2.60. The van der Waals surface area contributed by atoms with Gasteiger partial charge >= 0.3 is 6.03 Å². The molecule has 122 valence electrons. The van der Waals surface area contributed by atoms with Crippen LogP contribution in [0.3, 0.4) is 0 Å². The zero-order chi connectivity index (χ0) is 16.8. The monoisotopic (exact) mass is 343 g/mol. The van der Waals surface area contributed by atoms with E-state index in [2.05, 4.69) is 10.6 Å². The number of amides is 3. The minimum atomic E-state index is -1.68. The van der Waals surface area contributed by atoms with Crippen LogP contribution in [0.1, 0.15) is 5.56 Å². The largest absolute Gasteiger partial charge is 0.334 e. The Kier molecular flexibility index (Phi) is 5.58. The standard InChI is InChI=1S/C14H12F3N3O2S/c15-9-1-2-10(13(17)12(9)16)20-11(21)6-19-14(22)18-5-8-3-4-23-7-8/h1-4,7H,5-6H2,(H,20,21)(H2,18,19,22). The van der Waals surface area contributed by atoms with Crippen molar-refractivity contribution in [3.05, 3.63) is 52.0 Å². The van der Waals surface area contributed by atoms with Crippen molar-refractivity contribution in [3.63, 3.8) is 0 Å². The lowest BCUT2D eigenvalue weighted by molar-refractivity contribution is -0.115. The lowest BCUT2D eigenvalue weighted by Gasteiger charge is -2.09. The van der Waals surface area contributed by atoms with Crippen LogP contribution in [0.2, 0.25) is 0 Å². The van der Waals surface area contributed by atoms with Gasteiger partial charge in [0.05, 0.1) is 12.2 Å². The Morgan fingerprint density at radius 3 is 2.52 bits per heavy atom. The Balaban J connectivity index is 1.79. The van der Waals surface area contributed by atoms with Crippen molar-refractivity contribution in [1.82, 2.24) is 10.6 Å². The topological polar surface area (TPSA) is 70.2 Å². The molecule has 0 bridgehead atoms. The fraction of sp³-hybridized carbons (Fsp3) is 0.143. The fourth-order valence-electron chi connectivity index (χ4n) is 1.62. The molecular weight excluding hydrogens is 331 g/mol. The van der Waals surface area contributed by atoms with Gasteiger partial charge in [0, 0.05) is 6.54 Å². The smallest absolute Gasteiger partial charge is 0.315 e. The minimum Gasteiger partial charge on any atom is -0.334 e. The van der Waals surface area contributed by atoms with Crippen LogP contribution in [0.25, 0.3) is 0 Å². The van der Waals surface area contributed by atoms with Crippen LogP contribution >= 0.6 is 11.3 Å². The molecule has 0 aliphatic heterocycles. The maximum atomic E-state index is 13.4. The van der Waals surface area contributed by atoms with Crippen molar-refractivity contribution in [1.29, 1.82) is 0 Å². The maximum Gasteiger partial charge on any atom is 0.315 e. The highest BCUT2D eigenvalue weighted by Gasteiger charge is 2.15. The van der Waals surface area contributed by atoms with Crippen LogP contribution < -0.4 is 16.0 Å². The average Bonchev–Trinajstić information content (AvgIpc) is 3.05. The summed E-state index contributed by atoms with van der Waals surface area (Å²) in [6.07, 6.45) is 0. The van der Waals surface area contributed by atoms with Gasteiger partial charge in [0.25, 0.3) is 0 Å². The van der Waals surface area contributed by atoms with Crippen LogP contribution in [-0.4, -0.2) is 18.5 Å². The summed E-state index contributed by atoms with van der Waals surface area (Å²) in [5, 5.41) is 10.5. The van der Waals surface area contributed by atoms with E-state index in [0.717, 1.165) is 11.6 Å². The normalized spacial score (nSPS) is 10.2. The van der Waals surface area contributed by atoms with Crippen LogP contribution in [0, 0.1) is 17.5 Å². The van der Waals surface area contributed by atoms with E-state index in [9.17, 15) is 22.8 Å². The lowest BCUT2D eigenvalue weighted by Crippen LogP contribution is -2.39. The zero-order valence-electron chi connectivity index (χ0n) is 11.7. The molecule has 9 heteroatoms. The second-order valence-corrected chi connectivity index (χ2v) is 5.22. The van der Waals surface area contributed by atoms with Crippen molar-refractivity contribution in [2.45, 2.75) is 6.54 Å². The number of thiophene rings is 1. The SMILES string of the molecule is O=C(CNC(=O)NCc1ccsc1)Nc1ccc(F)c(F)c1F. The van der Waals surface area contributed by atoms with Crippen molar-refractivity contribution >= 4 is 29.0 Å². The van der Waals surface area contributed by atoms with Gasteiger partial charge in [-0.15, -0.1) is 0 Å². The summed E-state index contributed by atoms with van der Waals surface area (Å²) in [6, 6.07) is 2.83. The predicted molar refractivity (Wildman–Crippen MR) is 79.5 cm³/mol. The molecule has 2 rings (SSSR count). The first-order valence-corrected chi connectivity index (χ1v) is 7.37. The summed E-state index contributed by atoms with van der Waals surface area (Å²) in [5.41, 5.74) is 0.410. The number of urea groups is 1. The van der Waals surface area contributed by atoms with Crippen LogP contribution in [0.5, 0.6) is 0 Å². The minimum absolute atomic E-state index is 0.300. The number of carbonyl (C=O) groups excluding carboxylic acids is 2. The van der Waals surface area contributed by atoms with E-state index in [4.69, 9.17) is 0 Å². The molecule has 0 spiro atoms. The molecule has 1 aromatic heterocycles. The molecule has 0 atom stereocenters. The number of nitrogens with one attached hydrogen (secondary N) is 3. The molecule has 0 saturated carbocycles. The summed E-state index contributed by atoms with van der Waals surface area (Å²) in [5.74, 6) is -5.31. The van der Waals surface area contributed by atoms with Crippen LogP contribution in [-0.2, 0) is 11.3 Å². The van der Waals surface area contributed by atoms with E-state index < -0.39 is 41.6 Å². The van der Waals surface area contributed by atoms with Gasteiger partial charge in [0.1, 0.15) is 0 Å². The van der Waals surface area contributed by atoms with Crippen molar-refractivity contribution in [2.24, 2.45) is 0 Å². The quantitative estimate of drug-likeness (QED) is 0.731. The number of halogens is 3. The van der Waals surface area contributed by atoms with E-state index in [0.29, 0.717) is 12.6 Å². The Morgan fingerprint density at radius 2 is 1.83 bits per heavy atom. The van der Waals surface area contributed by atoms with Crippen molar-refractivity contribution < 1.29 is 22.8 Å². The van der Waals surface area contributed by atoms with Gasteiger partial charge in [-0.25, -0.2) is 18.0 Å². The molecule has 1 aromatic carbocycles. The summed E-state index contributed by atoms with van der Waals surface area (Å²) in [4.78, 5) is 23.0. The van der Waals surface area contributed by atoms with Gasteiger partial charge in [-0.3, -0.25) is 4.79 Å². The van der Waals surface area contributed by atoms with Gasteiger partial charge < -0.3 is 16.0 Å². The van der Waals surface area contributed by atoms with Gasteiger partial charge in [-0.1, -0.05) is 0 Å². The third kappa shape index (κ3) is 4.71. The highest BCUT2D eigenvalue weighted by molar-refractivity contribution is 7.07. The molecular formula is C14H12F3N3O2S. The zero-order valence-corrected chi connectivity index (χ0v) is 12.5. The van der Waals surface area contributed by atoms with Gasteiger partial charge in [-0.05, 0) is 34.5 Å². The fourth-order valence-corrected chi connectivity index (χ4v) is 2.28. The summed E-state index contributed by atoms with van der Waals surface area (Å²) in [7, 11) is 0. The first kappa shape index (κ1) is 16.8. The number of benzene rings is 1. The molecule has 0 radical (unpaired) electrons. The Morgan fingerprint density at radius 1 is 1.04 bits per heavy atom. The Labute approximate surface area is 133 Å². The lowest BCUT2D eigenvalue weighted by atomic mass is 10.2. The number of hydrogen-bond donors (Lipinski definition) is 3. The molecule has 3 amide bonds. The second kappa shape index (κ2) is 7.63.